The lowest BCUT2D eigenvalue weighted by Gasteiger charge is -2.27. The Morgan fingerprint density at radius 1 is 1.17 bits per heavy atom. The van der Waals surface area contributed by atoms with E-state index in [1.54, 1.807) is 19.1 Å². The van der Waals surface area contributed by atoms with Gasteiger partial charge in [-0.05, 0) is 71.9 Å². The molecule has 0 radical (unpaired) electrons. The summed E-state index contributed by atoms with van der Waals surface area (Å²) in [7, 11) is -4.11. The van der Waals surface area contributed by atoms with Crippen LogP contribution in [-0.4, -0.2) is 27.1 Å². The maximum atomic E-state index is 13.6. The van der Waals surface area contributed by atoms with Gasteiger partial charge in [0.2, 0.25) is 0 Å². The molecule has 1 fully saturated rings. The molecule has 2 aromatic carbocycles. The molecule has 188 valence electrons. The Morgan fingerprint density at radius 3 is 2.51 bits per heavy atom. The lowest BCUT2D eigenvalue weighted by molar-refractivity contribution is -0.139. The standard InChI is InChI=1S/C22H19BrF4N2O3S3/c1-21(8-9-28-12-21)32-18-10-14(4-7-16(18)22(25,26)27)29-35(30,31)19-11-17(23)20(34-19)33-15-5-2-13(24)3-6-15/h2-7,10-11,28-29H,8-9,12H2,1H3/t21-/m1/s1. The molecule has 2 heterocycles. The van der Waals surface area contributed by atoms with Gasteiger partial charge >= 0.3 is 6.18 Å². The van der Waals surface area contributed by atoms with E-state index in [4.69, 9.17) is 4.74 Å². The van der Waals surface area contributed by atoms with Gasteiger partial charge in [0.05, 0.1) is 15.5 Å². The number of benzene rings is 2. The molecule has 1 aromatic heterocycles. The highest BCUT2D eigenvalue weighted by molar-refractivity contribution is 9.10. The summed E-state index contributed by atoms with van der Waals surface area (Å²) >= 11 is 5.56. The first-order valence-electron chi connectivity index (χ1n) is 10.2. The van der Waals surface area contributed by atoms with Gasteiger partial charge in [0.1, 0.15) is 21.4 Å². The highest BCUT2D eigenvalue weighted by Gasteiger charge is 2.38. The third-order valence-corrected chi connectivity index (χ3v) is 10.5. The van der Waals surface area contributed by atoms with E-state index in [1.165, 1.54) is 30.0 Å². The quantitative estimate of drug-likeness (QED) is 0.290. The SMILES string of the molecule is C[C@@]1(Oc2cc(NS(=O)(=O)c3cc(Br)c(Sc4ccc(F)cc4)s3)ccc2C(F)(F)F)CCNC1. The van der Waals surface area contributed by atoms with Crippen molar-refractivity contribution < 1.29 is 30.7 Å². The van der Waals surface area contributed by atoms with Gasteiger partial charge < -0.3 is 10.1 Å². The van der Waals surface area contributed by atoms with Gasteiger partial charge in [-0.2, -0.15) is 13.2 Å². The Kier molecular flexibility index (Phi) is 7.45. The van der Waals surface area contributed by atoms with Crippen molar-refractivity contribution in [2.75, 3.05) is 17.8 Å². The zero-order valence-corrected chi connectivity index (χ0v) is 22.1. The van der Waals surface area contributed by atoms with Gasteiger partial charge in [0, 0.05) is 28.4 Å². The molecule has 3 aromatic rings. The fourth-order valence-corrected chi connectivity index (χ4v) is 8.08. The fourth-order valence-electron chi connectivity index (χ4n) is 3.40. The summed E-state index contributed by atoms with van der Waals surface area (Å²) in [5, 5.41) is 3.05. The van der Waals surface area contributed by atoms with Crippen LogP contribution in [0.1, 0.15) is 18.9 Å². The van der Waals surface area contributed by atoms with Crippen LogP contribution in [0.3, 0.4) is 0 Å². The predicted molar refractivity (Wildman–Crippen MR) is 131 cm³/mol. The highest BCUT2D eigenvalue weighted by Crippen LogP contribution is 2.43. The zero-order valence-electron chi connectivity index (χ0n) is 18.1. The number of thiophene rings is 1. The van der Waals surface area contributed by atoms with Gasteiger partial charge in [-0.25, -0.2) is 12.8 Å². The van der Waals surface area contributed by atoms with Crippen LogP contribution < -0.4 is 14.8 Å². The molecule has 2 N–H and O–H groups in total. The molecule has 0 saturated carbocycles. The first-order chi connectivity index (χ1) is 16.3. The van der Waals surface area contributed by atoms with E-state index < -0.39 is 33.1 Å². The van der Waals surface area contributed by atoms with Crippen LogP contribution in [0.2, 0.25) is 0 Å². The summed E-state index contributed by atoms with van der Waals surface area (Å²) in [5.74, 6) is -0.825. The summed E-state index contributed by atoms with van der Waals surface area (Å²) in [4.78, 5) is 0.713. The normalized spacial score (nSPS) is 18.6. The monoisotopic (exact) mass is 610 g/mol. The van der Waals surface area contributed by atoms with Crippen molar-refractivity contribution in [2.45, 2.75) is 38.4 Å². The molecule has 4 rings (SSSR count). The molecule has 5 nitrogen and oxygen atoms in total. The number of nitrogens with one attached hydrogen (secondary N) is 2. The first kappa shape index (κ1) is 26.3. The van der Waals surface area contributed by atoms with Gasteiger partial charge in [-0.3, -0.25) is 4.72 Å². The van der Waals surface area contributed by atoms with Crippen LogP contribution in [0.4, 0.5) is 23.2 Å². The first-order valence-corrected chi connectivity index (χ1v) is 14.1. The number of anilines is 1. The molecule has 0 unspecified atom stereocenters. The van der Waals surface area contributed by atoms with Crippen molar-refractivity contribution in [1.82, 2.24) is 5.32 Å². The summed E-state index contributed by atoms with van der Waals surface area (Å²) in [6.45, 7) is 2.68. The summed E-state index contributed by atoms with van der Waals surface area (Å²) in [5.41, 5.74) is -1.88. The Hall–Kier alpha value is -1.80. The van der Waals surface area contributed by atoms with E-state index in [1.807, 2.05) is 0 Å². The molecular formula is C22H19BrF4N2O3S3. The Bertz CT molecular complexity index is 1320. The van der Waals surface area contributed by atoms with Gasteiger partial charge in [-0.1, -0.05) is 11.8 Å². The van der Waals surface area contributed by atoms with Crippen molar-refractivity contribution >= 4 is 54.7 Å². The maximum absolute atomic E-state index is 13.6. The second kappa shape index (κ2) is 9.92. The summed E-state index contributed by atoms with van der Waals surface area (Å²) < 4.78 is 89.1. The molecule has 1 saturated heterocycles. The number of sulfonamides is 1. The van der Waals surface area contributed by atoms with Crippen molar-refractivity contribution in [3.05, 3.63) is 64.4 Å². The zero-order chi connectivity index (χ0) is 25.4. The number of alkyl halides is 3. The van der Waals surface area contributed by atoms with Crippen molar-refractivity contribution in [2.24, 2.45) is 0 Å². The average Bonchev–Trinajstić information content (AvgIpc) is 3.35. The van der Waals surface area contributed by atoms with E-state index in [0.717, 1.165) is 29.5 Å². The smallest absolute Gasteiger partial charge is 0.419 e. The Labute approximate surface area is 216 Å². The predicted octanol–water partition coefficient (Wildman–Crippen LogP) is 6.75. The lowest BCUT2D eigenvalue weighted by Crippen LogP contribution is -2.35. The second-order valence-corrected chi connectivity index (χ2v) is 13.2. The van der Waals surface area contributed by atoms with E-state index in [2.05, 4.69) is 26.0 Å². The topological polar surface area (TPSA) is 67.4 Å². The minimum Gasteiger partial charge on any atom is -0.485 e. The van der Waals surface area contributed by atoms with E-state index in [9.17, 15) is 26.0 Å². The van der Waals surface area contributed by atoms with Crippen LogP contribution in [0.25, 0.3) is 0 Å². The largest absolute Gasteiger partial charge is 0.485 e. The molecule has 0 amide bonds. The molecule has 1 aliphatic rings. The van der Waals surface area contributed by atoms with E-state index in [-0.39, 0.29) is 15.7 Å². The average molecular weight is 612 g/mol. The molecule has 0 bridgehead atoms. The van der Waals surface area contributed by atoms with Crippen molar-refractivity contribution in [3.63, 3.8) is 0 Å². The molecular weight excluding hydrogens is 592 g/mol. The van der Waals surface area contributed by atoms with Gasteiger partial charge in [0.25, 0.3) is 10.0 Å². The van der Waals surface area contributed by atoms with Gasteiger partial charge in [0.15, 0.2) is 0 Å². The minimum absolute atomic E-state index is 0.0386. The van der Waals surface area contributed by atoms with Crippen LogP contribution in [0.15, 0.2) is 66.3 Å². The molecule has 1 aliphatic heterocycles. The van der Waals surface area contributed by atoms with E-state index in [0.29, 0.717) is 33.1 Å². The summed E-state index contributed by atoms with van der Waals surface area (Å²) in [6, 6.07) is 10.1. The molecule has 1 atom stereocenters. The second-order valence-electron chi connectivity index (χ2n) is 8.05. The van der Waals surface area contributed by atoms with Crippen molar-refractivity contribution in [3.8, 4) is 5.75 Å². The number of ether oxygens (including phenoxy) is 1. The Morgan fingerprint density at radius 2 is 1.89 bits per heavy atom. The van der Waals surface area contributed by atoms with Crippen LogP contribution in [0.5, 0.6) is 5.75 Å². The van der Waals surface area contributed by atoms with Crippen LogP contribution >= 0.6 is 39.0 Å². The number of hydrogen-bond donors (Lipinski definition) is 2. The van der Waals surface area contributed by atoms with E-state index >= 15 is 0 Å². The number of hydrogen-bond acceptors (Lipinski definition) is 6. The number of halogens is 5. The minimum atomic E-state index is -4.67. The molecule has 0 aliphatic carbocycles. The number of rotatable bonds is 7. The summed E-state index contributed by atoms with van der Waals surface area (Å²) in [6.07, 6.45) is -4.15. The van der Waals surface area contributed by atoms with Gasteiger partial charge in [-0.15, -0.1) is 11.3 Å². The van der Waals surface area contributed by atoms with Crippen LogP contribution in [0, 0.1) is 5.82 Å². The lowest BCUT2D eigenvalue weighted by atomic mass is 10.1. The molecule has 35 heavy (non-hydrogen) atoms. The third kappa shape index (κ3) is 6.31. The maximum Gasteiger partial charge on any atom is 0.419 e. The third-order valence-electron chi connectivity index (χ3n) is 5.15. The van der Waals surface area contributed by atoms with Crippen molar-refractivity contribution in [1.29, 1.82) is 0 Å². The molecule has 0 spiro atoms. The fraction of sp³-hybridized carbons (Fsp3) is 0.273. The molecule has 13 heteroatoms. The Balaban J connectivity index is 1.59. The highest BCUT2D eigenvalue weighted by atomic mass is 79.9. The van der Waals surface area contributed by atoms with Crippen LogP contribution in [-0.2, 0) is 16.2 Å².